The number of aliphatic hydroxyl groups excluding tert-OH is 2. The molecule has 0 bridgehead atoms. The van der Waals surface area contributed by atoms with Crippen LogP contribution in [0.15, 0.2) is 49.1 Å². The number of nitrogens with zero attached hydrogens (tertiary/aromatic N) is 5. The number of benzene rings is 1. The van der Waals surface area contributed by atoms with E-state index in [1.54, 1.807) is 52.1 Å². The third-order valence-corrected chi connectivity index (χ3v) is 6.14. The van der Waals surface area contributed by atoms with Gasteiger partial charge in [0.05, 0.1) is 36.2 Å². The SMILES string of the molecule is CCOc1ccc(Cl)cc1-c1nn([C@H]2CCC[C@H]2O)cc1NC(O)c1cnn2cccnc12. The van der Waals surface area contributed by atoms with Gasteiger partial charge in [-0.05, 0) is 50.5 Å². The Kier molecular flexibility index (Phi) is 5.92. The smallest absolute Gasteiger partial charge is 0.162 e. The van der Waals surface area contributed by atoms with Crippen molar-refractivity contribution in [2.75, 3.05) is 11.9 Å². The second-order valence-corrected chi connectivity index (χ2v) is 8.48. The average Bonchev–Trinajstić information content (AvgIpc) is 3.53. The summed E-state index contributed by atoms with van der Waals surface area (Å²) in [4.78, 5) is 4.32. The predicted molar refractivity (Wildman–Crippen MR) is 124 cm³/mol. The van der Waals surface area contributed by atoms with Crippen molar-refractivity contribution in [3.05, 3.63) is 59.6 Å². The Hall–Kier alpha value is -3.14. The second-order valence-electron chi connectivity index (χ2n) is 8.05. The minimum absolute atomic E-state index is 0.134. The quantitative estimate of drug-likeness (QED) is 0.353. The molecule has 1 fully saturated rings. The molecule has 0 spiro atoms. The van der Waals surface area contributed by atoms with Crippen LogP contribution in [-0.2, 0) is 0 Å². The third-order valence-electron chi connectivity index (χ3n) is 5.91. The molecule has 1 aromatic carbocycles. The standard InChI is InChI=1S/C23H25ClN6O3/c1-2-33-20-8-7-14(24)11-15(20)21-17(13-30(28-21)18-5-3-6-19(18)31)27-23(32)16-12-26-29-10-4-9-25-22(16)29/h4,7-13,18-19,23,27,31-32H,2-3,5-6H2,1H3/t18-,19+,23?/m0/s1. The van der Waals surface area contributed by atoms with Gasteiger partial charge in [-0.3, -0.25) is 4.68 Å². The summed E-state index contributed by atoms with van der Waals surface area (Å²) in [6, 6.07) is 7.00. The van der Waals surface area contributed by atoms with Crippen molar-refractivity contribution in [3.8, 4) is 17.0 Å². The molecule has 0 aliphatic heterocycles. The first-order valence-electron chi connectivity index (χ1n) is 11.0. The van der Waals surface area contributed by atoms with Gasteiger partial charge < -0.3 is 20.3 Å². The molecule has 3 atom stereocenters. The lowest BCUT2D eigenvalue weighted by Gasteiger charge is -2.14. The van der Waals surface area contributed by atoms with E-state index in [9.17, 15) is 10.2 Å². The van der Waals surface area contributed by atoms with Gasteiger partial charge in [-0.25, -0.2) is 9.50 Å². The van der Waals surface area contributed by atoms with Gasteiger partial charge in [0.2, 0.25) is 0 Å². The molecule has 1 unspecified atom stereocenters. The molecule has 1 aliphatic rings. The van der Waals surface area contributed by atoms with Gasteiger partial charge in [-0.15, -0.1) is 0 Å². The van der Waals surface area contributed by atoms with E-state index >= 15 is 0 Å². The van der Waals surface area contributed by atoms with Crippen molar-refractivity contribution < 1.29 is 14.9 Å². The van der Waals surface area contributed by atoms with Crippen LogP contribution < -0.4 is 10.1 Å². The van der Waals surface area contributed by atoms with E-state index in [4.69, 9.17) is 21.4 Å². The van der Waals surface area contributed by atoms with E-state index in [2.05, 4.69) is 15.4 Å². The fourth-order valence-corrected chi connectivity index (χ4v) is 4.50. The fourth-order valence-electron chi connectivity index (χ4n) is 4.33. The van der Waals surface area contributed by atoms with Crippen molar-refractivity contribution in [2.45, 2.75) is 44.6 Å². The number of hydrogen-bond acceptors (Lipinski definition) is 7. The van der Waals surface area contributed by atoms with Gasteiger partial charge in [-0.1, -0.05) is 11.6 Å². The zero-order valence-electron chi connectivity index (χ0n) is 18.1. The van der Waals surface area contributed by atoms with E-state index in [0.717, 1.165) is 19.3 Å². The lowest BCUT2D eigenvalue weighted by Crippen LogP contribution is -2.18. The first-order valence-corrected chi connectivity index (χ1v) is 11.4. The highest BCUT2D eigenvalue weighted by atomic mass is 35.5. The molecular weight excluding hydrogens is 444 g/mol. The number of ether oxygens (including phenoxy) is 1. The van der Waals surface area contributed by atoms with Crippen molar-refractivity contribution >= 4 is 22.9 Å². The van der Waals surface area contributed by atoms with Crippen LogP contribution in [0.4, 0.5) is 5.69 Å². The molecule has 33 heavy (non-hydrogen) atoms. The van der Waals surface area contributed by atoms with E-state index in [1.165, 1.54) is 0 Å². The summed E-state index contributed by atoms with van der Waals surface area (Å²) in [5, 5.41) is 34.2. The molecule has 1 saturated carbocycles. The predicted octanol–water partition coefficient (Wildman–Crippen LogP) is 3.83. The monoisotopic (exact) mass is 468 g/mol. The summed E-state index contributed by atoms with van der Waals surface area (Å²) < 4.78 is 9.19. The summed E-state index contributed by atoms with van der Waals surface area (Å²) in [5.41, 5.74) is 2.94. The fraction of sp³-hybridized carbons (Fsp3) is 0.348. The number of halogens is 1. The zero-order valence-corrected chi connectivity index (χ0v) is 18.9. The van der Waals surface area contributed by atoms with Gasteiger partial charge in [0.1, 0.15) is 11.4 Å². The molecule has 1 aliphatic carbocycles. The minimum Gasteiger partial charge on any atom is -0.493 e. The first-order chi connectivity index (χ1) is 16.0. The van der Waals surface area contributed by atoms with Crippen molar-refractivity contribution in [1.29, 1.82) is 0 Å². The molecule has 0 amide bonds. The number of nitrogens with one attached hydrogen (secondary N) is 1. The Morgan fingerprint density at radius 1 is 1.33 bits per heavy atom. The minimum atomic E-state index is -1.09. The number of aliphatic hydroxyl groups is 2. The van der Waals surface area contributed by atoms with Crippen LogP contribution in [0.5, 0.6) is 5.75 Å². The highest BCUT2D eigenvalue weighted by Gasteiger charge is 2.30. The number of aromatic nitrogens is 5. The number of hydrogen-bond donors (Lipinski definition) is 3. The molecule has 10 heteroatoms. The van der Waals surface area contributed by atoms with Crippen LogP contribution >= 0.6 is 11.6 Å². The van der Waals surface area contributed by atoms with E-state index in [0.29, 0.717) is 45.5 Å². The number of fused-ring (bicyclic) bond motifs is 1. The Labute approximate surface area is 195 Å². The highest BCUT2D eigenvalue weighted by molar-refractivity contribution is 6.31. The van der Waals surface area contributed by atoms with Crippen molar-refractivity contribution in [3.63, 3.8) is 0 Å². The van der Waals surface area contributed by atoms with Gasteiger partial charge in [0.25, 0.3) is 0 Å². The maximum atomic E-state index is 11.0. The van der Waals surface area contributed by atoms with Crippen LogP contribution in [0.25, 0.3) is 16.9 Å². The summed E-state index contributed by atoms with van der Waals surface area (Å²) in [7, 11) is 0. The van der Waals surface area contributed by atoms with E-state index in [-0.39, 0.29) is 6.04 Å². The molecular formula is C23H25ClN6O3. The topological polar surface area (TPSA) is 110 Å². The van der Waals surface area contributed by atoms with Crippen LogP contribution in [-0.4, -0.2) is 47.3 Å². The van der Waals surface area contributed by atoms with E-state index in [1.807, 2.05) is 13.1 Å². The van der Waals surface area contributed by atoms with Crippen molar-refractivity contribution in [2.24, 2.45) is 0 Å². The zero-order chi connectivity index (χ0) is 22.9. The maximum absolute atomic E-state index is 11.0. The maximum Gasteiger partial charge on any atom is 0.162 e. The second kappa shape index (κ2) is 9.01. The van der Waals surface area contributed by atoms with Crippen LogP contribution in [0.2, 0.25) is 5.02 Å². The van der Waals surface area contributed by atoms with Crippen LogP contribution in [0, 0.1) is 0 Å². The molecule has 0 saturated heterocycles. The molecule has 4 aromatic rings. The van der Waals surface area contributed by atoms with Gasteiger partial charge >= 0.3 is 0 Å². The first kappa shape index (κ1) is 21.7. The van der Waals surface area contributed by atoms with Gasteiger partial charge in [0, 0.05) is 29.2 Å². The van der Waals surface area contributed by atoms with E-state index < -0.39 is 12.3 Å². The molecule has 172 valence electrons. The number of rotatable bonds is 7. The average molecular weight is 469 g/mol. The van der Waals surface area contributed by atoms with Crippen LogP contribution in [0.1, 0.15) is 44.0 Å². The Morgan fingerprint density at radius 2 is 2.21 bits per heavy atom. The molecule has 9 nitrogen and oxygen atoms in total. The van der Waals surface area contributed by atoms with Gasteiger partial charge in [0.15, 0.2) is 11.9 Å². The lowest BCUT2D eigenvalue weighted by atomic mass is 10.1. The van der Waals surface area contributed by atoms with Crippen molar-refractivity contribution in [1.82, 2.24) is 24.4 Å². The van der Waals surface area contributed by atoms with Gasteiger partial charge in [-0.2, -0.15) is 10.2 Å². The summed E-state index contributed by atoms with van der Waals surface area (Å²) in [6.07, 6.45) is 7.76. The van der Waals surface area contributed by atoms with Crippen LogP contribution in [0.3, 0.4) is 0 Å². The lowest BCUT2D eigenvalue weighted by molar-refractivity contribution is 0.130. The Balaban J connectivity index is 1.57. The summed E-state index contributed by atoms with van der Waals surface area (Å²) >= 11 is 6.31. The number of anilines is 1. The Morgan fingerprint density at radius 3 is 3.00 bits per heavy atom. The molecule has 0 radical (unpaired) electrons. The molecule has 3 N–H and O–H groups in total. The Bertz CT molecular complexity index is 1270. The molecule has 3 aromatic heterocycles. The largest absolute Gasteiger partial charge is 0.493 e. The summed E-state index contributed by atoms with van der Waals surface area (Å²) in [5.74, 6) is 0.634. The summed E-state index contributed by atoms with van der Waals surface area (Å²) in [6.45, 7) is 2.39. The molecule has 5 rings (SSSR count). The highest BCUT2D eigenvalue weighted by Crippen LogP contribution is 2.39. The third kappa shape index (κ3) is 4.15. The normalized spacial score (nSPS) is 19.2. The molecule has 3 heterocycles.